The maximum Gasteiger partial charge on any atom is 0.219 e. The van der Waals surface area contributed by atoms with Crippen LogP contribution in [0, 0.1) is 5.92 Å². The molecule has 3 rings (SSSR count). The summed E-state index contributed by atoms with van der Waals surface area (Å²) < 4.78 is 0. The van der Waals surface area contributed by atoms with Crippen LogP contribution in [0.3, 0.4) is 0 Å². The Balaban J connectivity index is 2.11. The fraction of sp³-hybridized carbons (Fsp3) is 0.889. The largest absolute Gasteiger partial charge is 0.338 e. The average molecular weight is 168 g/mol. The smallest absolute Gasteiger partial charge is 0.219 e. The Morgan fingerprint density at radius 2 is 2.25 bits per heavy atom. The first-order valence-corrected chi connectivity index (χ1v) is 4.75. The van der Waals surface area contributed by atoms with Gasteiger partial charge in [-0.15, -0.1) is 0 Å². The van der Waals surface area contributed by atoms with Gasteiger partial charge in [-0.3, -0.25) is 4.79 Å². The molecular formula is C9H16N2O. The van der Waals surface area contributed by atoms with Crippen LogP contribution in [0.15, 0.2) is 0 Å². The lowest BCUT2D eigenvalue weighted by Crippen LogP contribution is -2.46. The van der Waals surface area contributed by atoms with Crippen LogP contribution in [0.5, 0.6) is 0 Å². The van der Waals surface area contributed by atoms with Gasteiger partial charge in [0.15, 0.2) is 0 Å². The molecule has 0 radical (unpaired) electrons. The number of carbonyl (C=O) groups excluding carboxylic acids is 1. The third-order valence-corrected chi connectivity index (χ3v) is 3.02. The van der Waals surface area contributed by atoms with E-state index in [4.69, 9.17) is 0 Å². The van der Waals surface area contributed by atoms with E-state index in [0.717, 1.165) is 19.6 Å². The molecule has 0 spiro atoms. The normalized spacial score (nSPS) is 34.9. The topological polar surface area (TPSA) is 32.3 Å². The summed E-state index contributed by atoms with van der Waals surface area (Å²) in [6.45, 7) is 4.75. The number of carbonyl (C=O) groups is 1. The highest BCUT2D eigenvalue weighted by Gasteiger charge is 2.32. The Labute approximate surface area is 73.1 Å². The van der Waals surface area contributed by atoms with Gasteiger partial charge in [0.05, 0.1) is 0 Å². The van der Waals surface area contributed by atoms with Crippen LogP contribution >= 0.6 is 0 Å². The van der Waals surface area contributed by atoms with E-state index < -0.39 is 0 Å². The number of nitrogens with one attached hydrogen (secondary N) is 1. The second-order valence-electron chi connectivity index (χ2n) is 3.93. The first kappa shape index (κ1) is 8.05. The molecule has 0 aromatic heterocycles. The van der Waals surface area contributed by atoms with Crippen molar-refractivity contribution in [2.24, 2.45) is 5.92 Å². The summed E-state index contributed by atoms with van der Waals surface area (Å²) in [6.07, 6.45) is 2.48. The predicted molar refractivity (Wildman–Crippen MR) is 46.8 cm³/mol. The molecule has 1 N–H and O–H groups in total. The third-order valence-electron chi connectivity index (χ3n) is 3.02. The van der Waals surface area contributed by atoms with Crippen molar-refractivity contribution in [3.63, 3.8) is 0 Å². The van der Waals surface area contributed by atoms with Gasteiger partial charge in [-0.25, -0.2) is 0 Å². The number of fused-ring (bicyclic) bond motifs is 4. The van der Waals surface area contributed by atoms with Crippen LogP contribution in [0.1, 0.15) is 19.8 Å². The molecule has 0 aliphatic carbocycles. The van der Waals surface area contributed by atoms with Crippen LogP contribution in [0.2, 0.25) is 0 Å². The van der Waals surface area contributed by atoms with E-state index >= 15 is 0 Å². The summed E-state index contributed by atoms with van der Waals surface area (Å²) in [5.41, 5.74) is 0. The fourth-order valence-corrected chi connectivity index (χ4v) is 2.32. The number of rotatable bonds is 0. The molecule has 3 nitrogen and oxygen atoms in total. The molecule has 2 bridgehead atoms. The first-order valence-electron chi connectivity index (χ1n) is 4.75. The minimum absolute atomic E-state index is 0.244. The Hall–Kier alpha value is -0.570. The number of nitrogens with zero attached hydrogens (tertiary/aromatic N) is 1. The van der Waals surface area contributed by atoms with Crippen LogP contribution in [0.4, 0.5) is 0 Å². The number of amides is 1. The maximum absolute atomic E-state index is 11.2. The van der Waals surface area contributed by atoms with Crippen molar-refractivity contribution in [1.82, 2.24) is 10.2 Å². The zero-order valence-corrected chi connectivity index (χ0v) is 7.55. The van der Waals surface area contributed by atoms with Crippen molar-refractivity contribution < 1.29 is 4.79 Å². The van der Waals surface area contributed by atoms with E-state index in [0.29, 0.717) is 12.0 Å². The highest BCUT2D eigenvalue weighted by Crippen LogP contribution is 2.23. The second kappa shape index (κ2) is 3.05. The molecule has 3 fully saturated rings. The molecule has 0 saturated carbocycles. The van der Waals surface area contributed by atoms with Crippen molar-refractivity contribution in [1.29, 1.82) is 0 Å². The van der Waals surface area contributed by atoms with Crippen LogP contribution < -0.4 is 5.32 Å². The molecule has 1 amide bonds. The van der Waals surface area contributed by atoms with Crippen molar-refractivity contribution in [2.45, 2.75) is 25.8 Å². The zero-order chi connectivity index (χ0) is 8.55. The van der Waals surface area contributed by atoms with Gasteiger partial charge in [0.1, 0.15) is 0 Å². The van der Waals surface area contributed by atoms with Gasteiger partial charge in [-0.2, -0.15) is 0 Å². The molecule has 3 aliphatic rings. The van der Waals surface area contributed by atoms with Crippen molar-refractivity contribution in [3.8, 4) is 0 Å². The van der Waals surface area contributed by atoms with Crippen LogP contribution in [-0.4, -0.2) is 36.5 Å². The monoisotopic (exact) mass is 168 g/mol. The fourth-order valence-electron chi connectivity index (χ4n) is 2.32. The van der Waals surface area contributed by atoms with Crippen LogP contribution in [0.25, 0.3) is 0 Å². The molecule has 0 aromatic rings. The van der Waals surface area contributed by atoms with Crippen molar-refractivity contribution in [3.05, 3.63) is 0 Å². The quantitative estimate of drug-likeness (QED) is 0.561. The van der Waals surface area contributed by atoms with E-state index in [1.807, 2.05) is 4.90 Å². The van der Waals surface area contributed by atoms with Crippen molar-refractivity contribution >= 4 is 5.91 Å². The first-order chi connectivity index (χ1) is 5.77. The molecule has 0 aromatic carbocycles. The van der Waals surface area contributed by atoms with Gasteiger partial charge < -0.3 is 10.2 Å². The highest BCUT2D eigenvalue weighted by atomic mass is 16.2. The molecule has 3 saturated heterocycles. The lowest BCUT2D eigenvalue weighted by atomic mass is 9.95. The molecule has 3 heteroatoms. The Morgan fingerprint density at radius 1 is 1.42 bits per heavy atom. The lowest BCUT2D eigenvalue weighted by Gasteiger charge is -2.35. The van der Waals surface area contributed by atoms with Gasteiger partial charge >= 0.3 is 0 Å². The van der Waals surface area contributed by atoms with Crippen molar-refractivity contribution in [2.75, 3.05) is 19.6 Å². The standard InChI is InChI=1S/C9H16N2O/c1-7(12)11-6-8-2-3-9(11)5-10-4-8/h8-10H,2-6H2,1H3. The summed E-state index contributed by atoms with van der Waals surface area (Å²) in [7, 11) is 0. The van der Waals surface area contributed by atoms with Gasteiger partial charge in [0, 0.05) is 26.1 Å². The average Bonchev–Trinajstić information content (AvgIpc) is 2.36. The summed E-state index contributed by atoms with van der Waals surface area (Å²) in [4.78, 5) is 13.3. The second-order valence-corrected chi connectivity index (χ2v) is 3.93. The Morgan fingerprint density at radius 3 is 3.00 bits per heavy atom. The molecule has 2 atom stereocenters. The molecule has 12 heavy (non-hydrogen) atoms. The maximum atomic E-state index is 11.2. The number of piperidine rings is 1. The predicted octanol–water partition coefficient (Wildman–Crippen LogP) is 0.217. The lowest BCUT2D eigenvalue weighted by molar-refractivity contribution is -0.132. The third kappa shape index (κ3) is 1.33. The van der Waals surface area contributed by atoms with Gasteiger partial charge in [0.25, 0.3) is 0 Å². The SMILES string of the molecule is CC(=O)N1CC2CCC1CNC2. The molecule has 3 aliphatic heterocycles. The summed E-state index contributed by atoms with van der Waals surface area (Å²) >= 11 is 0. The summed E-state index contributed by atoms with van der Waals surface area (Å²) in [6, 6.07) is 0.473. The Bertz CT molecular complexity index is 189. The van der Waals surface area contributed by atoms with E-state index in [-0.39, 0.29) is 5.91 Å². The highest BCUT2D eigenvalue weighted by molar-refractivity contribution is 5.73. The van der Waals surface area contributed by atoms with Crippen LogP contribution in [-0.2, 0) is 4.79 Å². The number of hydrogen-bond acceptors (Lipinski definition) is 2. The van der Waals surface area contributed by atoms with Gasteiger partial charge in [-0.1, -0.05) is 0 Å². The zero-order valence-electron chi connectivity index (χ0n) is 7.55. The minimum atomic E-state index is 0.244. The van der Waals surface area contributed by atoms with E-state index in [1.165, 1.54) is 12.8 Å². The molecular weight excluding hydrogens is 152 g/mol. The molecule has 2 unspecified atom stereocenters. The summed E-state index contributed by atoms with van der Waals surface area (Å²) in [5, 5.41) is 3.40. The number of hydrogen-bond donors (Lipinski definition) is 1. The van der Waals surface area contributed by atoms with Gasteiger partial charge in [0.2, 0.25) is 5.91 Å². The van der Waals surface area contributed by atoms with Gasteiger partial charge in [-0.05, 0) is 25.3 Å². The Kier molecular flexibility index (Phi) is 2.05. The molecule has 3 heterocycles. The van der Waals surface area contributed by atoms with E-state index in [9.17, 15) is 4.79 Å². The van der Waals surface area contributed by atoms with E-state index in [1.54, 1.807) is 6.92 Å². The minimum Gasteiger partial charge on any atom is -0.338 e. The molecule has 68 valence electrons. The van der Waals surface area contributed by atoms with E-state index in [2.05, 4.69) is 5.32 Å². The summed E-state index contributed by atoms with van der Waals surface area (Å²) in [5.74, 6) is 0.945.